The third-order valence-electron chi connectivity index (χ3n) is 2.54. The van der Waals surface area contributed by atoms with Gasteiger partial charge in [-0.3, -0.25) is 4.79 Å². The maximum Gasteiger partial charge on any atom is 0.259 e. The van der Waals surface area contributed by atoms with Gasteiger partial charge in [0, 0.05) is 23.8 Å². The number of halogens is 1. The summed E-state index contributed by atoms with van der Waals surface area (Å²) >= 11 is 3.30. The van der Waals surface area contributed by atoms with Gasteiger partial charge >= 0.3 is 0 Å². The first-order chi connectivity index (χ1) is 9.63. The third kappa shape index (κ3) is 3.24. The van der Waals surface area contributed by atoms with Crippen molar-refractivity contribution >= 4 is 33.3 Å². The standard InChI is InChI=1S/C13H13BrN4O2/c1-15-12-10(5-8(14)6-17-12)13(19)18-9-3-4-11(20-2)16-7-9/h3-7H,1-2H3,(H,15,17)(H,18,19). The van der Waals surface area contributed by atoms with E-state index in [9.17, 15) is 4.79 Å². The summed E-state index contributed by atoms with van der Waals surface area (Å²) < 4.78 is 5.69. The van der Waals surface area contributed by atoms with Crippen molar-refractivity contribution in [3.05, 3.63) is 40.6 Å². The number of ether oxygens (including phenoxy) is 1. The molecule has 104 valence electrons. The number of hydrogen-bond acceptors (Lipinski definition) is 5. The van der Waals surface area contributed by atoms with Crippen LogP contribution in [0.3, 0.4) is 0 Å². The van der Waals surface area contributed by atoms with E-state index in [1.165, 1.54) is 13.3 Å². The smallest absolute Gasteiger partial charge is 0.259 e. The van der Waals surface area contributed by atoms with Gasteiger partial charge in [0.25, 0.3) is 5.91 Å². The summed E-state index contributed by atoms with van der Waals surface area (Å²) in [6, 6.07) is 5.09. The molecule has 2 aromatic rings. The number of rotatable bonds is 4. The van der Waals surface area contributed by atoms with Crippen molar-refractivity contribution in [1.29, 1.82) is 0 Å². The summed E-state index contributed by atoms with van der Waals surface area (Å²) in [5.41, 5.74) is 1.02. The van der Waals surface area contributed by atoms with Crippen LogP contribution in [0.15, 0.2) is 35.1 Å². The van der Waals surface area contributed by atoms with Gasteiger partial charge < -0.3 is 15.4 Å². The first-order valence-electron chi connectivity index (χ1n) is 5.78. The molecule has 0 aromatic carbocycles. The van der Waals surface area contributed by atoms with Gasteiger partial charge in [-0.05, 0) is 28.1 Å². The number of carbonyl (C=O) groups is 1. The highest BCUT2D eigenvalue weighted by molar-refractivity contribution is 9.10. The second-order valence-corrected chi connectivity index (χ2v) is 4.76. The highest BCUT2D eigenvalue weighted by Crippen LogP contribution is 2.19. The van der Waals surface area contributed by atoms with Crippen LogP contribution in [0.2, 0.25) is 0 Å². The highest BCUT2D eigenvalue weighted by atomic mass is 79.9. The lowest BCUT2D eigenvalue weighted by Gasteiger charge is -2.09. The van der Waals surface area contributed by atoms with E-state index >= 15 is 0 Å². The number of amides is 1. The average molecular weight is 337 g/mol. The quantitative estimate of drug-likeness (QED) is 0.897. The predicted molar refractivity (Wildman–Crippen MR) is 80.2 cm³/mol. The molecule has 1 amide bonds. The van der Waals surface area contributed by atoms with Gasteiger partial charge in [0.05, 0.1) is 24.6 Å². The number of anilines is 2. The van der Waals surface area contributed by atoms with E-state index in [0.717, 1.165) is 4.47 Å². The Balaban J connectivity index is 2.20. The summed E-state index contributed by atoms with van der Waals surface area (Å²) in [6.45, 7) is 0. The van der Waals surface area contributed by atoms with Crippen LogP contribution in [0.5, 0.6) is 5.88 Å². The van der Waals surface area contributed by atoms with E-state index in [1.807, 2.05) is 0 Å². The van der Waals surface area contributed by atoms with Crippen molar-refractivity contribution in [2.24, 2.45) is 0 Å². The second kappa shape index (κ2) is 6.33. The molecule has 7 heteroatoms. The van der Waals surface area contributed by atoms with Crippen molar-refractivity contribution in [1.82, 2.24) is 9.97 Å². The fourth-order valence-electron chi connectivity index (χ4n) is 1.58. The highest BCUT2D eigenvalue weighted by Gasteiger charge is 2.13. The molecule has 0 spiro atoms. The van der Waals surface area contributed by atoms with Crippen molar-refractivity contribution in [3.63, 3.8) is 0 Å². The minimum absolute atomic E-state index is 0.268. The molecule has 2 aromatic heterocycles. The van der Waals surface area contributed by atoms with Gasteiger partial charge in [-0.15, -0.1) is 0 Å². The van der Waals surface area contributed by atoms with Gasteiger partial charge in [-0.2, -0.15) is 0 Å². The molecular weight excluding hydrogens is 324 g/mol. The minimum Gasteiger partial charge on any atom is -0.481 e. The molecule has 0 aliphatic heterocycles. The number of hydrogen-bond donors (Lipinski definition) is 2. The SMILES string of the molecule is CNc1ncc(Br)cc1C(=O)Nc1ccc(OC)nc1. The van der Waals surface area contributed by atoms with Gasteiger partial charge in [-0.1, -0.05) is 0 Å². The molecule has 0 aliphatic rings. The normalized spacial score (nSPS) is 9.95. The number of pyridine rings is 2. The van der Waals surface area contributed by atoms with Crippen molar-refractivity contribution in [2.45, 2.75) is 0 Å². The molecule has 0 radical (unpaired) electrons. The Kier molecular flexibility index (Phi) is 4.52. The molecular formula is C13H13BrN4O2. The van der Waals surface area contributed by atoms with Gasteiger partial charge in [-0.25, -0.2) is 9.97 Å². The Morgan fingerprint density at radius 3 is 2.70 bits per heavy atom. The van der Waals surface area contributed by atoms with Gasteiger partial charge in [0.1, 0.15) is 5.82 Å². The molecule has 0 aliphatic carbocycles. The Hall–Kier alpha value is -2.15. The van der Waals surface area contributed by atoms with Crippen molar-refractivity contribution in [3.8, 4) is 5.88 Å². The number of methoxy groups -OCH3 is 1. The predicted octanol–water partition coefficient (Wildman–Crippen LogP) is 2.54. The zero-order valence-electron chi connectivity index (χ0n) is 11.0. The first kappa shape index (κ1) is 14.3. The topological polar surface area (TPSA) is 76.1 Å². The van der Waals surface area contributed by atoms with Crippen LogP contribution in [-0.4, -0.2) is 30.0 Å². The maximum absolute atomic E-state index is 12.2. The molecule has 0 fully saturated rings. The second-order valence-electron chi connectivity index (χ2n) is 3.84. The van der Waals surface area contributed by atoms with Crippen LogP contribution in [0, 0.1) is 0 Å². The Morgan fingerprint density at radius 2 is 2.10 bits per heavy atom. The van der Waals surface area contributed by atoms with E-state index in [2.05, 4.69) is 36.5 Å². The van der Waals surface area contributed by atoms with Crippen LogP contribution in [-0.2, 0) is 0 Å². The number of nitrogens with zero attached hydrogens (tertiary/aromatic N) is 2. The van der Waals surface area contributed by atoms with Crippen LogP contribution in [0.1, 0.15) is 10.4 Å². The summed E-state index contributed by atoms with van der Waals surface area (Å²) in [4.78, 5) is 20.4. The monoisotopic (exact) mass is 336 g/mol. The van der Waals surface area contributed by atoms with E-state index < -0.39 is 0 Å². The lowest BCUT2D eigenvalue weighted by molar-refractivity contribution is 0.102. The average Bonchev–Trinajstić information content (AvgIpc) is 2.48. The first-order valence-corrected chi connectivity index (χ1v) is 6.58. The lowest BCUT2D eigenvalue weighted by atomic mass is 10.2. The molecule has 0 saturated carbocycles. The summed E-state index contributed by atoms with van der Waals surface area (Å²) in [5, 5.41) is 5.63. The molecule has 20 heavy (non-hydrogen) atoms. The molecule has 0 saturated heterocycles. The van der Waals surface area contributed by atoms with Crippen molar-refractivity contribution in [2.75, 3.05) is 24.8 Å². The lowest BCUT2D eigenvalue weighted by Crippen LogP contribution is -2.15. The minimum atomic E-state index is -0.268. The molecule has 0 unspecified atom stereocenters. The maximum atomic E-state index is 12.2. The zero-order valence-corrected chi connectivity index (χ0v) is 12.6. The summed E-state index contributed by atoms with van der Waals surface area (Å²) in [7, 11) is 3.24. The van der Waals surface area contributed by atoms with Gasteiger partial charge in [0.2, 0.25) is 5.88 Å². The Bertz CT molecular complexity index is 616. The zero-order chi connectivity index (χ0) is 14.5. The summed E-state index contributed by atoms with van der Waals surface area (Å²) in [5.74, 6) is 0.727. The fraction of sp³-hybridized carbons (Fsp3) is 0.154. The van der Waals surface area contributed by atoms with E-state index in [1.54, 1.807) is 31.4 Å². The van der Waals surface area contributed by atoms with Crippen LogP contribution < -0.4 is 15.4 Å². The van der Waals surface area contributed by atoms with Crippen molar-refractivity contribution < 1.29 is 9.53 Å². The molecule has 0 bridgehead atoms. The molecule has 6 nitrogen and oxygen atoms in total. The Labute approximate surface area is 124 Å². The molecule has 0 atom stereocenters. The van der Waals surface area contributed by atoms with Crippen LogP contribution in [0.4, 0.5) is 11.5 Å². The molecule has 2 rings (SSSR count). The summed E-state index contributed by atoms with van der Waals surface area (Å²) in [6.07, 6.45) is 3.15. The molecule has 2 heterocycles. The van der Waals surface area contributed by atoms with E-state index in [0.29, 0.717) is 22.9 Å². The molecule has 2 N–H and O–H groups in total. The van der Waals surface area contributed by atoms with Gasteiger partial charge in [0.15, 0.2) is 0 Å². The third-order valence-corrected chi connectivity index (χ3v) is 2.97. The van der Waals surface area contributed by atoms with E-state index in [4.69, 9.17) is 4.74 Å². The fourth-order valence-corrected chi connectivity index (χ4v) is 1.92. The Morgan fingerprint density at radius 1 is 1.30 bits per heavy atom. The van der Waals surface area contributed by atoms with Crippen LogP contribution in [0.25, 0.3) is 0 Å². The van der Waals surface area contributed by atoms with E-state index in [-0.39, 0.29) is 5.91 Å². The largest absolute Gasteiger partial charge is 0.481 e. The number of carbonyl (C=O) groups excluding carboxylic acids is 1. The van der Waals surface area contributed by atoms with Crippen LogP contribution >= 0.6 is 15.9 Å². The number of nitrogens with one attached hydrogen (secondary N) is 2. The number of aromatic nitrogens is 2.